The molecule has 4 nitrogen and oxygen atoms in total. The molecule has 22 heavy (non-hydrogen) atoms. The number of phenolic OH excluding ortho intramolecular Hbond substituents is 1. The lowest BCUT2D eigenvalue weighted by atomic mass is 9.87. The molecule has 114 valence electrons. The molecule has 1 aromatic heterocycles. The molecule has 0 atom stereocenters. The van der Waals surface area contributed by atoms with Gasteiger partial charge in [0.15, 0.2) is 17.1 Å². The maximum Gasteiger partial charge on any atom is 0.227 e. The number of ether oxygens (including phenoxy) is 1. The first-order chi connectivity index (χ1) is 10.4. The Balaban J connectivity index is 2.07. The average molecular weight is 297 g/mol. The number of hydrogen-bond donors (Lipinski definition) is 1. The van der Waals surface area contributed by atoms with Gasteiger partial charge in [-0.1, -0.05) is 26.8 Å². The van der Waals surface area contributed by atoms with Gasteiger partial charge in [-0.25, -0.2) is 4.98 Å². The molecule has 3 aromatic rings. The van der Waals surface area contributed by atoms with Crippen LogP contribution in [0, 0.1) is 0 Å². The molecule has 3 rings (SSSR count). The quantitative estimate of drug-likeness (QED) is 0.756. The van der Waals surface area contributed by atoms with Crippen LogP contribution in [0.3, 0.4) is 0 Å². The SMILES string of the molecule is COc1ccc(-c2nc3cc(C(C)(C)C)ccc3o2)cc1O. The van der Waals surface area contributed by atoms with Crippen molar-refractivity contribution >= 4 is 11.1 Å². The van der Waals surface area contributed by atoms with Gasteiger partial charge < -0.3 is 14.3 Å². The van der Waals surface area contributed by atoms with Crippen molar-refractivity contribution in [3.05, 3.63) is 42.0 Å². The second-order valence-electron chi connectivity index (χ2n) is 6.34. The predicted molar refractivity (Wildman–Crippen MR) is 86.4 cm³/mol. The predicted octanol–water partition coefficient (Wildman–Crippen LogP) is 4.51. The van der Waals surface area contributed by atoms with Crippen LogP contribution >= 0.6 is 0 Å². The van der Waals surface area contributed by atoms with Crippen molar-refractivity contribution in [2.24, 2.45) is 0 Å². The summed E-state index contributed by atoms with van der Waals surface area (Å²) in [5.74, 6) is 0.978. The number of benzene rings is 2. The van der Waals surface area contributed by atoms with Gasteiger partial charge in [0.25, 0.3) is 0 Å². The van der Waals surface area contributed by atoms with Crippen molar-refractivity contribution in [1.82, 2.24) is 4.98 Å². The van der Waals surface area contributed by atoms with Gasteiger partial charge in [0.1, 0.15) is 5.52 Å². The van der Waals surface area contributed by atoms with E-state index in [-0.39, 0.29) is 11.2 Å². The Morgan fingerprint density at radius 2 is 1.86 bits per heavy atom. The number of fused-ring (bicyclic) bond motifs is 1. The minimum absolute atomic E-state index is 0.0612. The van der Waals surface area contributed by atoms with Crippen molar-refractivity contribution in [3.63, 3.8) is 0 Å². The van der Waals surface area contributed by atoms with Crippen LogP contribution in [0.2, 0.25) is 0 Å². The Labute approximate surface area is 129 Å². The molecule has 1 N–H and O–H groups in total. The monoisotopic (exact) mass is 297 g/mol. The smallest absolute Gasteiger partial charge is 0.227 e. The van der Waals surface area contributed by atoms with Crippen molar-refractivity contribution in [1.29, 1.82) is 0 Å². The van der Waals surface area contributed by atoms with Crippen molar-refractivity contribution in [3.8, 4) is 23.0 Å². The lowest BCUT2D eigenvalue weighted by Crippen LogP contribution is -2.10. The molecule has 0 unspecified atom stereocenters. The second-order valence-corrected chi connectivity index (χ2v) is 6.34. The summed E-state index contributed by atoms with van der Waals surface area (Å²) < 4.78 is 10.8. The number of phenols is 1. The molecule has 2 aromatic carbocycles. The van der Waals surface area contributed by atoms with Crippen LogP contribution in [0.15, 0.2) is 40.8 Å². The highest BCUT2D eigenvalue weighted by molar-refractivity contribution is 5.77. The summed E-state index contributed by atoms with van der Waals surface area (Å²) in [7, 11) is 1.52. The fraction of sp³-hybridized carbons (Fsp3) is 0.278. The lowest BCUT2D eigenvalue weighted by Gasteiger charge is -2.18. The molecule has 1 heterocycles. The van der Waals surface area contributed by atoms with E-state index >= 15 is 0 Å². The first kappa shape index (κ1) is 14.4. The Morgan fingerprint density at radius 1 is 1.09 bits per heavy atom. The summed E-state index contributed by atoms with van der Waals surface area (Å²) in [6.45, 7) is 6.49. The Bertz CT molecular complexity index is 828. The number of methoxy groups -OCH3 is 1. The van der Waals surface area contributed by atoms with Gasteiger partial charge in [0, 0.05) is 5.56 Å². The summed E-state index contributed by atoms with van der Waals surface area (Å²) in [5, 5.41) is 9.88. The van der Waals surface area contributed by atoms with Crippen LogP contribution in [-0.4, -0.2) is 17.2 Å². The third-order valence-electron chi connectivity index (χ3n) is 3.68. The van der Waals surface area contributed by atoms with Crippen LogP contribution in [0.4, 0.5) is 0 Å². The molecule has 0 spiro atoms. The molecule has 0 amide bonds. The summed E-state index contributed by atoms with van der Waals surface area (Å²) in [4.78, 5) is 4.54. The van der Waals surface area contributed by atoms with Crippen molar-refractivity contribution in [2.45, 2.75) is 26.2 Å². The van der Waals surface area contributed by atoms with E-state index in [0.717, 1.165) is 11.1 Å². The van der Waals surface area contributed by atoms with Gasteiger partial charge in [-0.3, -0.25) is 0 Å². The maximum absolute atomic E-state index is 9.88. The molecule has 0 aliphatic rings. The first-order valence-corrected chi connectivity index (χ1v) is 7.17. The fourth-order valence-electron chi connectivity index (χ4n) is 2.34. The number of aromatic hydroxyl groups is 1. The van der Waals surface area contributed by atoms with Crippen LogP contribution in [0.5, 0.6) is 11.5 Å². The number of nitrogens with zero attached hydrogens (tertiary/aromatic N) is 1. The van der Waals surface area contributed by atoms with E-state index in [2.05, 4.69) is 31.8 Å². The standard InChI is InChI=1S/C18H19NO3/c1-18(2,3)12-6-8-15-13(10-12)19-17(22-15)11-5-7-16(21-4)14(20)9-11/h5-10,20H,1-4H3. The molecule has 0 fully saturated rings. The highest BCUT2D eigenvalue weighted by Gasteiger charge is 2.16. The number of rotatable bonds is 2. The van der Waals surface area contributed by atoms with Gasteiger partial charge in [-0.05, 0) is 41.3 Å². The zero-order valence-corrected chi connectivity index (χ0v) is 13.2. The molecular formula is C18H19NO3. The van der Waals surface area contributed by atoms with Gasteiger partial charge in [0.05, 0.1) is 7.11 Å². The second kappa shape index (κ2) is 5.05. The zero-order valence-electron chi connectivity index (χ0n) is 13.2. The van der Waals surface area contributed by atoms with Gasteiger partial charge in [0.2, 0.25) is 5.89 Å². The minimum atomic E-state index is 0.0612. The first-order valence-electron chi connectivity index (χ1n) is 7.17. The minimum Gasteiger partial charge on any atom is -0.504 e. The van der Waals surface area contributed by atoms with Crippen LogP contribution < -0.4 is 4.74 Å². The summed E-state index contributed by atoms with van der Waals surface area (Å²) in [6.07, 6.45) is 0. The molecule has 0 saturated carbocycles. The van der Waals surface area contributed by atoms with Crippen LogP contribution in [0.1, 0.15) is 26.3 Å². The zero-order chi connectivity index (χ0) is 15.9. The van der Waals surface area contributed by atoms with Crippen molar-refractivity contribution < 1.29 is 14.3 Å². The highest BCUT2D eigenvalue weighted by atomic mass is 16.5. The Hall–Kier alpha value is -2.49. The molecule has 0 radical (unpaired) electrons. The van der Waals surface area contributed by atoms with E-state index in [0.29, 0.717) is 17.2 Å². The van der Waals surface area contributed by atoms with E-state index in [4.69, 9.17) is 9.15 Å². The largest absolute Gasteiger partial charge is 0.504 e. The number of aromatic nitrogens is 1. The summed E-state index contributed by atoms with van der Waals surface area (Å²) in [5.41, 5.74) is 3.53. The Kier molecular flexibility index (Phi) is 3.32. The molecule has 4 heteroatoms. The fourth-order valence-corrected chi connectivity index (χ4v) is 2.34. The van der Waals surface area contributed by atoms with E-state index in [1.165, 1.54) is 12.7 Å². The third-order valence-corrected chi connectivity index (χ3v) is 3.68. The number of oxazole rings is 1. The topological polar surface area (TPSA) is 55.5 Å². The van der Waals surface area contributed by atoms with Gasteiger partial charge >= 0.3 is 0 Å². The molecule has 0 aliphatic carbocycles. The maximum atomic E-state index is 9.88. The van der Waals surface area contributed by atoms with Crippen LogP contribution in [0.25, 0.3) is 22.6 Å². The van der Waals surface area contributed by atoms with Gasteiger partial charge in [-0.15, -0.1) is 0 Å². The normalized spacial score (nSPS) is 11.8. The molecule has 0 aliphatic heterocycles. The van der Waals surface area contributed by atoms with E-state index in [1.54, 1.807) is 12.1 Å². The molecule has 0 bridgehead atoms. The number of hydrogen-bond acceptors (Lipinski definition) is 4. The van der Waals surface area contributed by atoms with Crippen LogP contribution in [-0.2, 0) is 5.41 Å². The summed E-state index contributed by atoms with van der Waals surface area (Å²) in [6, 6.07) is 11.1. The highest BCUT2D eigenvalue weighted by Crippen LogP contribution is 2.33. The van der Waals surface area contributed by atoms with E-state index in [1.807, 2.05) is 18.2 Å². The Morgan fingerprint density at radius 3 is 2.50 bits per heavy atom. The van der Waals surface area contributed by atoms with Crippen molar-refractivity contribution in [2.75, 3.05) is 7.11 Å². The average Bonchev–Trinajstić information content (AvgIpc) is 2.89. The van der Waals surface area contributed by atoms with E-state index < -0.39 is 0 Å². The molecule has 0 saturated heterocycles. The van der Waals surface area contributed by atoms with E-state index in [9.17, 15) is 5.11 Å². The van der Waals surface area contributed by atoms with Gasteiger partial charge in [-0.2, -0.15) is 0 Å². The lowest BCUT2D eigenvalue weighted by molar-refractivity contribution is 0.373. The summed E-state index contributed by atoms with van der Waals surface area (Å²) >= 11 is 0. The third kappa shape index (κ3) is 2.52. The molecular weight excluding hydrogens is 278 g/mol.